The normalized spacial score (nSPS) is 11.5. The predicted octanol–water partition coefficient (Wildman–Crippen LogP) is 4.69. The molecule has 0 saturated carbocycles. The van der Waals surface area contributed by atoms with Gasteiger partial charge < -0.3 is 0 Å². The number of carbonyl (C=O) groups excluding carboxylic acids is 1. The van der Waals surface area contributed by atoms with E-state index in [1.54, 1.807) is 12.1 Å². The molecule has 2 aromatic rings. The molecule has 0 radical (unpaired) electrons. The van der Waals surface area contributed by atoms with Crippen LogP contribution in [0.4, 0.5) is 8.78 Å². The molecule has 2 aromatic carbocycles. The molecule has 21 heavy (non-hydrogen) atoms. The molecule has 0 aliphatic carbocycles. The van der Waals surface area contributed by atoms with Crippen molar-refractivity contribution in [2.45, 2.75) is 32.6 Å². The van der Waals surface area contributed by atoms with E-state index in [0.29, 0.717) is 11.1 Å². The number of halogens is 2. The van der Waals surface area contributed by atoms with E-state index in [2.05, 4.69) is 0 Å². The molecule has 110 valence electrons. The molecular weight excluding hydrogens is 270 g/mol. The van der Waals surface area contributed by atoms with Crippen molar-refractivity contribution in [1.29, 1.82) is 0 Å². The lowest BCUT2D eigenvalue weighted by atomic mass is 9.82. The summed E-state index contributed by atoms with van der Waals surface area (Å²) in [7, 11) is 0. The van der Waals surface area contributed by atoms with Crippen molar-refractivity contribution in [3.8, 4) is 0 Å². The van der Waals surface area contributed by atoms with Crippen molar-refractivity contribution in [3.63, 3.8) is 0 Å². The molecule has 0 unspecified atom stereocenters. The van der Waals surface area contributed by atoms with E-state index in [4.69, 9.17) is 0 Å². The van der Waals surface area contributed by atoms with Gasteiger partial charge in [-0.3, -0.25) is 4.79 Å². The molecule has 2 rings (SSSR count). The van der Waals surface area contributed by atoms with Crippen molar-refractivity contribution >= 4 is 5.78 Å². The number of ketones is 1. The van der Waals surface area contributed by atoms with Crippen LogP contribution in [0.5, 0.6) is 0 Å². The smallest absolute Gasteiger partial charge is 0.167 e. The van der Waals surface area contributed by atoms with E-state index >= 15 is 0 Å². The summed E-state index contributed by atoms with van der Waals surface area (Å²) in [4.78, 5) is 12.5. The minimum atomic E-state index is -0.665. The Hall–Kier alpha value is -2.03. The van der Waals surface area contributed by atoms with E-state index < -0.39 is 11.6 Å². The maximum Gasteiger partial charge on any atom is 0.167 e. The Morgan fingerprint density at radius 2 is 1.57 bits per heavy atom. The largest absolute Gasteiger partial charge is 0.294 e. The molecule has 0 aliphatic rings. The molecular formula is C18H18F2O. The van der Waals surface area contributed by atoms with Crippen LogP contribution < -0.4 is 0 Å². The first-order valence-corrected chi connectivity index (χ1v) is 6.85. The quantitative estimate of drug-likeness (QED) is 0.749. The SMILES string of the molecule is CC(C)(C)c1ccccc1C(=O)Cc1cc(F)cc(F)c1. The van der Waals surface area contributed by atoms with Crippen molar-refractivity contribution in [2.75, 3.05) is 0 Å². The zero-order chi connectivity index (χ0) is 15.6. The molecule has 0 heterocycles. The van der Waals surface area contributed by atoms with Crippen molar-refractivity contribution < 1.29 is 13.6 Å². The van der Waals surface area contributed by atoms with Crippen molar-refractivity contribution in [3.05, 3.63) is 70.8 Å². The standard InChI is InChI=1S/C18H18F2O/c1-18(2,3)16-7-5-4-6-15(16)17(21)10-12-8-13(19)11-14(20)9-12/h4-9,11H,10H2,1-3H3. The summed E-state index contributed by atoms with van der Waals surface area (Å²) < 4.78 is 26.4. The lowest BCUT2D eigenvalue weighted by molar-refractivity contribution is 0.0991. The second-order valence-corrected chi connectivity index (χ2v) is 6.17. The molecule has 0 N–H and O–H groups in total. The van der Waals surface area contributed by atoms with Gasteiger partial charge >= 0.3 is 0 Å². The molecule has 0 atom stereocenters. The summed E-state index contributed by atoms with van der Waals surface area (Å²) in [6.07, 6.45) is -0.0121. The van der Waals surface area contributed by atoms with E-state index in [0.717, 1.165) is 11.6 Å². The lowest BCUT2D eigenvalue weighted by Crippen LogP contribution is -2.17. The molecule has 0 bridgehead atoms. The maximum atomic E-state index is 13.2. The maximum absolute atomic E-state index is 13.2. The summed E-state index contributed by atoms with van der Waals surface area (Å²) in [5, 5.41) is 0. The molecule has 0 aliphatic heterocycles. The molecule has 0 aromatic heterocycles. The van der Waals surface area contributed by atoms with Gasteiger partial charge in [0.2, 0.25) is 0 Å². The van der Waals surface area contributed by atoms with Gasteiger partial charge in [-0.15, -0.1) is 0 Å². The average molecular weight is 288 g/mol. The predicted molar refractivity (Wildman–Crippen MR) is 79.5 cm³/mol. The van der Waals surface area contributed by atoms with Gasteiger partial charge in [0, 0.05) is 18.1 Å². The van der Waals surface area contributed by atoms with E-state index in [1.807, 2.05) is 32.9 Å². The van der Waals surface area contributed by atoms with Crippen molar-refractivity contribution in [1.82, 2.24) is 0 Å². The molecule has 0 spiro atoms. The second-order valence-electron chi connectivity index (χ2n) is 6.17. The first-order chi connectivity index (χ1) is 9.77. The Kier molecular flexibility index (Phi) is 4.21. The number of carbonyl (C=O) groups is 1. The van der Waals surface area contributed by atoms with Gasteiger partial charge in [0.05, 0.1) is 0 Å². The third kappa shape index (κ3) is 3.75. The van der Waals surface area contributed by atoms with Gasteiger partial charge in [0.1, 0.15) is 11.6 Å². The molecule has 0 fully saturated rings. The molecule has 3 heteroatoms. The van der Waals surface area contributed by atoms with Crippen LogP contribution in [0, 0.1) is 11.6 Å². The summed E-state index contributed by atoms with van der Waals surface area (Å²) in [6.45, 7) is 6.09. The van der Waals surface area contributed by atoms with Crippen LogP contribution in [0.1, 0.15) is 42.3 Å². The number of rotatable bonds is 3. The van der Waals surface area contributed by atoms with Crippen LogP contribution in [0.2, 0.25) is 0 Å². The highest BCUT2D eigenvalue weighted by Gasteiger charge is 2.21. The number of benzene rings is 2. The third-order valence-corrected chi connectivity index (χ3v) is 3.32. The Bertz CT molecular complexity index is 649. The summed E-state index contributed by atoms with van der Waals surface area (Å²) in [6, 6.07) is 10.6. The molecule has 1 nitrogen and oxygen atoms in total. The zero-order valence-corrected chi connectivity index (χ0v) is 12.4. The zero-order valence-electron chi connectivity index (χ0n) is 12.4. The monoisotopic (exact) mass is 288 g/mol. The van der Waals surface area contributed by atoms with Crippen LogP contribution in [-0.2, 0) is 11.8 Å². The molecule has 0 amide bonds. The highest BCUT2D eigenvalue weighted by atomic mass is 19.1. The Labute approximate surface area is 123 Å². The first kappa shape index (κ1) is 15.4. The van der Waals surface area contributed by atoms with E-state index in [1.165, 1.54) is 12.1 Å². The number of Topliss-reactive ketones (excluding diaryl/α,β-unsaturated/α-hetero) is 1. The van der Waals surface area contributed by atoms with Gasteiger partial charge in [-0.1, -0.05) is 45.0 Å². The Morgan fingerprint density at radius 1 is 1.00 bits per heavy atom. The topological polar surface area (TPSA) is 17.1 Å². The summed E-state index contributed by atoms with van der Waals surface area (Å²) in [5.74, 6) is -1.46. The number of hydrogen-bond donors (Lipinski definition) is 0. The summed E-state index contributed by atoms with van der Waals surface area (Å²) in [5.41, 5.74) is 1.72. The fourth-order valence-corrected chi connectivity index (χ4v) is 2.37. The average Bonchev–Trinajstić information content (AvgIpc) is 2.36. The molecule has 0 saturated heterocycles. The second kappa shape index (κ2) is 5.76. The van der Waals surface area contributed by atoms with Crippen LogP contribution in [0.3, 0.4) is 0 Å². The minimum absolute atomic E-state index is 0.0121. The highest BCUT2D eigenvalue weighted by Crippen LogP contribution is 2.26. The van der Waals surface area contributed by atoms with Crippen LogP contribution in [0.25, 0.3) is 0 Å². The van der Waals surface area contributed by atoms with Gasteiger partial charge in [-0.2, -0.15) is 0 Å². The van der Waals surface area contributed by atoms with Crippen LogP contribution >= 0.6 is 0 Å². The Morgan fingerprint density at radius 3 is 2.14 bits per heavy atom. The van der Waals surface area contributed by atoms with Gasteiger partial charge in [-0.25, -0.2) is 8.78 Å². The lowest BCUT2D eigenvalue weighted by Gasteiger charge is -2.22. The van der Waals surface area contributed by atoms with Gasteiger partial charge in [0.25, 0.3) is 0 Å². The highest BCUT2D eigenvalue weighted by molar-refractivity contribution is 5.99. The minimum Gasteiger partial charge on any atom is -0.294 e. The van der Waals surface area contributed by atoms with Gasteiger partial charge in [-0.05, 0) is 28.7 Å². The Balaban J connectivity index is 2.33. The fourth-order valence-electron chi connectivity index (χ4n) is 2.37. The van der Waals surface area contributed by atoms with Gasteiger partial charge in [0.15, 0.2) is 5.78 Å². The van der Waals surface area contributed by atoms with E-state index in [9.17, 15) is 13.6 Å². The number of hydrogen-bond acceptors (Lipinski definition) is 1. The van der Waals surface area contributed by atoms with Crippen LogP contribution in [0.15, 0.2) is 42.5 Å². The van der Waals surface area contributed by atoms with Crippen LogP contribution in [-0.4, -0.2) is 5.78 Å². The fraction of sp³-hybridized carbons (Fsp3) is 0.278. The first-order valence-electron chi connectivity index (χ1n) is 6.85. The van der Waals surface area contributed by atoms with E-state index in [-0.39, 0.29) is 17.6 Å². The summed E-state index contributed by atoms with van der Waals surface area (Å²) >= 11 is 0. The van der Waals surface area contributed by atoms with Crippen molar-refractivity contribution in [2.24, 2.45) is 0 Å². The third-order valence-electron chi connectivity index (χ3n) is 3.32.